The summed E-state index contributed by atoms with van der Waals surface area (Å²) in [7, 11) is 2.12. The number of hydrogen-bond acceptors (Lipinski definition) is 3. The Kier molecular flexibility index (Phi) is 5.06. The highest BCUT2D eigenvalue weighted by Gasteiger charge is 2.31. The van der Waals surface area contributed by atoms with Gasteiger partial charge in [0.15, 0.2) is 0 Å². The van der Waals surface area contributed by atoms with Crippen molar-refractivity contribution in [2.24, 2.45) is 0 Å². The molecular formula is C17H28N2O. The molecule has 0 bridgehead atoms. The third-order valence-electron chi connectivity index (χ3n) is 4.26. The van der Waals surface area contributed by atoms with E-state index in [1.165, 1.54) is 24.1 Å². The van der Waals surface area contributed by atoms with Crippen molar-refractivity contribution in [3.8, 4) is 0 Å². The molecule has 1 fully saturated rings. The lowest BCUT2D eigenvalue weighted by atomic mass is 9.98. The summed E-state index contributed by atoms with van der Waals surface area (Å²) < 4.78 is 0. The number of aryl methyl sites for hydroxylation is 1. The van der Waals surface area contributed by atoms with E-state index in [1.807, 2.05) is 0 Å². The smallest absolute Gasteiger partial charge is 0.0611 e. The topological polar surface area (TPSA) is 35.5 Å². The summed E-state index contributed by atoms with van der Waals surface area (Å²) in [5.41, 5.74) is 2.46. The lowest BCUT2D eigenvalue weighted by Crippen LogP contribution is -2.48. The number of anilines is 1. The average molecular weight is 276 g/mol. The minimum absolute atomic E-state index is 0.154. The maximum Gasteiger partial charge on any atom is 0.0611 e. The minimum Gasteiger partial charge on any atom is -0.394 e. The van der Waals surface area contributed by atoms with E-state index in [2.05, 4.69) is 55.4 Å². The second-order valence-corrected chi connectivity index (χ2v) is 6.33. The van der Waals surface area contributed by atoms with E-state index in [1.54, 1.807) is 0 Å². The largest absolute Gasteiger partial charge is 0.394 e. The molecule has 0 heterocycles. The van der Waals surface area contributed by atoms with Crippen molar-refractivity contribution in [3.63, 3.8) is 0 Å². The summed E-state index contributed by atoms with van der Waals surface area (Å²) in [6, 6.07) is 9.38. The Hall–Kier alpha value is -1.06. The fourth-order valence-corrected chi connectivity index (χ4v) is 2.45. The van der Waals surface area contributed by atoms with Crippen LogP contribution < -0.4 is 10.2 Å². The highest BCUT2D eigenvalue weighted by molar-refractivity contribution is 5.46. The van der Waals surface area contributed by atoms with Crippen molar-refractivity contribution < 1.29 is 5.11 Å². The van der Waals surface area contributed by atoms with Crippen LogP contribution in [0.5, 0.6) is 0 Å². The fraction of sp³-hybridized carbons (Fsp3) is 0.647. The number of rotatable bonds is 8. The van der Waals surface area contributed by atoms with Crippen LogP contribution in [0.1, 0.15) is 38.7 Å². The van der Waals surface area contributed by atoms with E-state index in [9.17, 15) is 5.11 Å². The van der Waals surface area contributed by atoms with Gasteiger partial charge in [-0.1, -0.05) is 19.1 Å². The Balaban J connectivity index is 1.87. The third kappa shape index (κ3) is 4.22. The molecule has 3 heteroatoms. The van der Waals surface area contributed by atoms with E-state index in [4.69, 9.17) is 0 Å². The van der Waals surface area contributed by atoms with Crippen LogP contribution in [-0.2, 0) is 6.42 Å². The van der Waals surface area contributed by atoms with Gasteiger partial charge in [0, 0.05) is 30.9 Å². The highest BCUT2D eigenvalue weighted by atomic mass is 16.3. The van der Waals surface area contributed by atoms with Gasteiger partial charge in [-0.05, 0) is 50.3 Å². The molecule has 2 N–H and O–H groups in total. The summed E-state index contributed by atoms with van der Waals surface area (Å²) in [5.74, 6) is 0. The maximum atomic E-state index is 9.63. The standard InChI is InChI=1S/C17H28N2O/c1-4-14-5-9-16(10-6-14)19(3)12-11-17(2,13-20)18-15-7-8-15/h5-6,9-10,15,18,20H,4,7-8,11-13H2,1-3H3. The molecule has 1 saturated carbocycles. The highest BCUT2D eigenvalue weighted by Crippen LogP contribution is 2.24. The van der Waals surface area contributed by atoms with Crippen LogP contribution in [0, 0.1) is 0 Å². The Bertz CT molecular complexity index is 414. The molecule has 0 saturated heterocycles. The predicted octanol–water partition coefficient (Wildman–Crippen LogP) is 2.58. The minimum atomic E-state index is -0.154. The Morgan fingerprint density at radius 2 is 1.95 bits per heavy atom. The van der Waals surface area contributed by atoms with Gasteiger partial charge in [-0.2, -0.15) is 0 Å². The van der Waals surface area contributed by atoms with Gasteiger partial charge in [0.2, 0.25) is 0 Å². The first kappa shape index (κ1) is 15.3. The first-order valence-electron chi connectivity index (χ1n) is 7.75. The molecule has 20 heavy (non-hydrogen) atoms. The predicted molar refractivity (Wildman–Crippen MR) is 85.4 cm³/mol. The van der Waals surface area contributed by atoms with E-state index >= 15 is 0 Å². The zero-order chi connectivity index (χ0) is 14.6. The van der Waals surface area contributed by atoms with Crippen molar-refractivity contribution >= 4 is 5.69 Å². The molecule has 1 aliphatic carbocycles. The monoisotopic (exact) mass is 276 g/mol. The third-order valence-corrected chi connectivity index (χ3v) is 4.26. The lowest BCUT2D eigenvalue weighted by Gasteiger charge is -2.31. The molecule has 112 valence electrons. The van der Waals surface area contributed by atoms with Gasteiger partial charge in [0.1, 0.15) is 0 Å². The van der Waals surface area contributed by atoms with Crippen LogP contribution in [0.3, 0.4) is 0 Å². The van der Waals surface area contributed by atoms with Gasteiger partial charge in [0.05, 0.1) is 6.61 Å². The second kappa shape index (κ2) is 6.59. The van der Waals surface area contributed by atoms with E-state index < -0.39 is 0 Å². The molecule has 0 radical (unpaired) electrons. The van der Waals surface area contributed by atoms with Gasteiger partial charge < -0.3 is 15.3 Å². The molecule has 1 aliphatic rings. The quantitative estimate of drug-likeness (QED) is 0.766. The Morgan fingerprint density at radius 1 is 1.30 bits per heavy atom. The van der Waals surface area contributed by atoms with Gasteiger partial charge in [-0.25, -0.2) is 0 Å². The van der Waals surface area contributed by atoms with Crippen LogP contribution in [-0.4, -0.2) is 36.9 Å². The van der Waals surface area contributed by atoms with E-state index in [0.29, 0.717) is 6.04 Å². The summed E-state index contributed by atoms with van der Waals surface area (Å²) in [6.07, 6.45) is 4.54. The normalized spacial score (nSPS) is 17.8. The molecule has 0 spiro atoms. The molecule has 1 aromatic carbocycles. The van der Waals surface area contributed by atoms with Crippen LogP contribution in [0.4, 0.5) is 5.69 Å². The summed E-state index contributed by atoms with van der Waals surface area (Å²) >= 11 is 0. The van der Waals surface area contributed by atoms with E-state index in [-0.39, 0.29) is 12.1 Å². The SMILES string of the molecule is CCc1ccc(N(C)CCC(C)(CO)NC2CC2)cc1. The van der Waals surface area contributed by atoms with Crippen LogP contribution in [0.25, 0.3) is 0 Å². The molecular weight excluding hydrogens is 248 g/mol. The number of aliphatic hydroxyl groups excluding tert-OH is 1. The summed E-state index contributed by atoms with van der Waals surface area (Å²) in [6.45, 7) is 5.45. The van der Waals surface area contributed by atoms with Crippen LogP contribution in [0.2, 0.25) is 0 Å². The fourth-order valence-electron chi connectivity index (χ4n) is 2.45. The molecule has 0 aromatic heterocycles. The number of benzene rings is 1. The first-order valence-corrected chi connectivity index (χ1v) is 7.75. The molecule has 3 nitrogen and oxygen atoms in total. The van der Waals surface area contributed by atoms with Gasteiger partial charge in [-0.15, -0.1) is 0 Å². The summed E-state index contributed by atoms with van der Waals surface area (Å²) in [4.78, 5) is 2.27. The molecule has 1 aromatic rings. The summed E-state index contributed by atoms with van der Waals surface area (Å²) in [5, 5.41) is 13.2. The number of nitrogens with one attached hydrogen (secondary N) is 1. The van der Waals surface area contributed by atoms with Crippen LogP contribution >= 0.6 is 0 Å². The van der Waals surface area contributed by atoms with Crippen molar-refractivity contribution in [2.75, 3.05) is 25.1 Å². The maximum absolute atomic E-state index is 9.63. The lowest BCUT2D eigenvalue weighted by molar-refractivity contribution is 0.165. The van der Waals surface area contributed by atoms with Gasteiger partial charge >= 0.3 is 0 Å². The zero-order valence-electron chi connectivity index (χ0n) is 13.0. The number of nitrogens with zero attached hydrogens (tertiary/aromatic N) is 1. The second-order valence-electron chi connectivity index (χ2n) is 6.33. The first-order chi connectivity index (χ1) is 9.56. The van der Waals surface area contributed by atoms with Crippen molar-refractivity contribution in [1.29, 1.82) is 0 Å². The van der Waals surface area contributed by atoms with Crippen molar-refractivity contribution in [2.45, 2.75) is 51.1 Å². The zero-order valence-corrected chi connectivity index (χ0v) is 13.0. The van der Waals surface area contributed by atoms with E-state index in [0.717, 1.165) is 19.4 Å². The molecule has 1 atom stereocenters. The van der Waals surface area contributed by atoms with Gasteiger partial charge in [-0.3, -0.25) is 0 Å². The van der Waals surface area contributed by atoms with Crippen molar-refractivity contribution in [1.82, 2.24) is 5.32 Å². The van der Waals surface area contributed by atoms with Crippen molar-refractivity contribution in [3.05, 3.63) is 29.8 Å². The molecule has 2 rings (SSSR count). The number of aliphatic hydroxyl groups is 1. The molecule has 0 amide bonds. The molecule has 0 aliphatic heterocycles. The number of hydrogen-bond donors (Lipinski definition) is 2. The van der Waals surface area contributed by atoms with Gasteiger partial charge in [0.25, 0.3) is 0 Å². The molecule has 1 unspecified atom stereocenters. The van der Waals surface area contributed by atoms with Crippen LogP contribution in [0.15, 0.2) is 24.3 Å². The Labute approximate surface area is 123 Å². The average Bonchev–Trinajstić information content (AvgIpc) is 3.28. The Morgan fingerprint density at radius 3 is 2.45 bits per heavy atom.